The van der Waals surface area contributed by atoms with E-state index in [0.717, 1.165) is 111 Å². The van der Waals surface area contributed by atoms with Gasteiger partial charge >= 0.3 is 0 Å². The lowest BCUT2D eigenvalue weighted by Gasteiger charge is -2.23. The number of hydrogen-bond donors (Lipinski definition) is 0. The summed E-state index contributed by atoms with van der Waals surface area (Å²) in [6.45, 7) is 23.4. The van der Waals surface area contributed by atoms with Crippen molar-refractivity contribution < 1.29 is 0 Å². The van der Waals surface area contributed by atoms with Gasteiger partial charge in [0.1, 0.15) is 0 Å². The lowest BCUT2D eigenvalue weighted by molar-refractivity contribution is 0.590. The van der Waals surface area contributed by atoms with Crippen LogP contribution >= 0.6 is 0 Å². The van der Waals surface area contributed by atoms with E-state index in [4.69, 9.17) is 15.0 Å². The number of benzene rings is 9. The molecule has 0 bridgehead atoms. The molecule has 0 radical (unpaired) electrons. The van der Waals surface area contributed by atoms with E-state index in [0.29, 0.717) is 17.5 Å². The van der Waals surface area contributed by atoms with Crippen LogP contribution in [0.4, 0.5) is 0 Å². The number of rotatable bonds is 14. The summed E-state index contributed by atoms with van der Waals surface area (Å²) in [5, 5.41) is 2.29. The molecule has 9 aromatic carbocycles. The predicted octanol–water partition coefficient (Wildman–Crippen LogP) is 19.4. The molecule has 77 heavy (non-hydrogen) atoms. The largest absolute Gasteiger partial charge is 0.308 e. The van der Waals surface area contributed by atoms with Crippen LogP contribution < -0.4 is 0 Å². The highest BCUT2D eigenvalue weighted by Crippen LogP contribution is 2.45. The normalized spacial score (nSPS) is 11.9. The molecule has 2 heterocycles. The smallest absolute Gasteiger partial charge is 0.164 e. The van der Waals surface area contributed by atoms with Crippen LogP contribution in [0.3, 0.4) is 0 Å². The Labute approximate surface area is 452 Å². The second-order valence-electron chi connectivity index (χ2n) is 20.2. The van der Waals surface area contributed by atoms with Crippen molar-refractivity contribution in [3.8, 4) is 84.4 Å². The third-order valence-electron chi connectivity index (χ3n) is 14.3. The number of hydrogen-bond acceptors (Lipinski definition) is 3. The van der Waals surface area contributed by atoms with Crippen LogP contribution in [0.25, 0.3) is 117 Å². The van der Waals surface area contributed by atoms with Crippen molar-refractivity contribution in [1.29, 1.82) is 0 Å². The SMILES string of the molecule is C=C/C=C(\C=C)c1ccc(-c2nc(-c3ccc(-c4ccccc4)cc3)nc(-c3cc(/C(C=C)=C/C=C)c(-n4c5ccc(-c6ccccc6)cc5c5cc(-c6ccccc6)ccc54)c(-c4ccc(C(C)(C)C)cc4)c3)n2)cc1. The maximum absolute atomic E-state index is 5.38. The molecular formula is C73H58N4. The van der Waals surface area contributed by atoms with Crippen molar-refractivity contribution in [2.75, 3.05) is 0 Å². The molecule has 11 rings (SSSR count). The Kier molecular flexibility index (Phi) is 13.6. The highest BCUT2D eigenvalue weighted by atomic mass is 15.0. The Morgan fingerprint density at radius 3 is 1.26 bits per heavy atom. The summed E-state index contributed by atoms with van der Waals surface area (Å²) >= 11 is 0. The first-order valence-electron chi connectivity index (χ1n) is 26.0. The van der Waals surface area contributed by atoms with E-state index in [1.54, 1.807) is 6.08 Å². The summed E-state index contributed by atoms with van der Waals surface area (Å²) in [6, 6.07) is 75.6. The molecule has 0 aliphatic rings. The molecule has 2 aromatic heterocycles. The van der Waals surface area contributed by atoms with Crippen LogP contribution in [-0.2, 0) is 5.41 Å². The Morgan fingerprint density at radius 2 is 0.792 bits per heavy atom. The highest BCUT2D eigenvalue weighted by Gasteiger charge is 2.25. The standard InChI is InChI=1S/C73H58N4/c1-8-21-49(10-3)54-29-33-57(34-30-54)70-74-71(58-35-31-55(32-36-58)51-23-15-12-16-24-51)76-72(75-70)61-47-63(50(11-4)22-9-2)69(64(48-61)56-37-41-62(42-38-56)73(5,6)7)77-67-43-39-59(52-25-17-13-18-26-52)45-65(67)66-46-60(40-44-68(66)77)53-27-19-14-20-28-53/h8-48H,1-4H2,5-7H3/b49-21+,50-22+. The molecule has 0 aliphatic carbocycles. The summed E-state index contributed by atoms with van der Waals surface area (Å²) in [5.74, 6) is 1.64. The van der Waals surface area contributed by atoms with Crippen LogP contribution in [-0.4, -0.2) is 19.5 Å². The number of allylic oxidation sites excluding steroid dienone is 8. The summed E-state index contributed by atoms with van der Waals surface area (Å²) in [4.78, 5) is 16.0. The van der Waals surface area contributed by atoms with Gasteiger partial charge in [-0.1, -0.05) is 259 Å². The van der Waals surface area contributed by atoms with Crippen molar-refractivity contribution in [1.82, 2.24) is 19.5 Å². The van der Waals surface area contributed by atoms with Gasteiger partial charge in [-0.2, -0.15) is 0 Å². The van der Waals surface area contributed by atoms with Gasteiger partial charge in [-0.15, -0.1) is 0 Å². The number of fused-ring (bicyclic) bond motifs is 3. The molecule has 370 valence electrons. The molecule has 0 saturated carbocycles. The summed E-state index contributed by atoms with van der Waals surface area (Å²) < 4.78 is 2.44. The molecular weight excluding hydrogens is 933 g/mol. The Hall–Kier alpha value is -9.77. The minimum atomic E-state index is -0.0544. The topological polar surface area (TPSA) is 43.6 Å². The number of nitrogens with zero attached hydrogens (tertiary/aromatic N) is 4. The van der Waals surface area contributed by atoms with Gasteiger partial charge in [-0.25, -0.2) is 15.0 Å². The molecule has 0 saturated heterocycles. The van der Waals surface area contributed by atoms with E-state index in [1.807, 2.05) is 36.4 Å². The van der Waals surface area contributed by atoms with Gasteiger partial charge in [0, 0.05) is 38.6 Å². The fraction of sp³-hybridized carbons (Fsp3) is 0.0548. The fourth-order valence-electron chi connectivity index (χ4n) is 10.3. The molecule has 0 atom stereocenters. The molecule has 0 unspecified atom stereocenters. The fourth-order valence-corrected chi connectivity index (χ4v) is 10.3. The van der Waals surface area contributed by atoms with Crippen molar-refractivity contribution in [3.63, 3.8) is 0 Å². The minimum absolute atomic E-state index is 0.0544. The molecule has 4 nitrogen and oxygen atoms in total. The van der Waals surface area contributed by atoms with Gasteiger partial charge in [0.25, 0.3) is 0 Å². The molecule has 0 aliphatic heterocycles. The first kappa shape index (κ1) is 49.4. The van der Waals surface area contributed by atoms with Gasteiger partial charge in [-0.05, 0) is 103 Å². The molecule has 0 spiro atoms. The quantitative estimate of drug-likeness (QED) is 0.102. The van der Waals surface area contributed by atoms with Crippen molar-refractivity contribution in [3.05, 3.63) is 292 Å². The average molecular weight is 991 g/mol. The van der Waals surface area contributed by atoms with Crippen LogP contribution in [0.15, 0.2) is 275 Å². The summed E-state index contributed by atoms with van der Waals surface area (Å²) in [7, 11) is 0. The first-order chi connectivity index (χ1) is 37.6. The van der Waals surface area contributed by atoms with Crippen LogP contribution in [0, 0.1) is 0 Å². The second-order valence-corrected chi connectivity index (χ2v) is 20.2. The Bertz CT molecular complexity index is 3980. The number of aromatic nitrogens is 4. The van der Waals surface area contributed by atoms with Gasteiger partial charge < -0.3 is 4.57 Å². The maximum atomic E-state index is 5.38. The van der Waals surface area contributed by atoms with E-state index in [9.17, 15) is 0 Å². The zero-order valence-corrected chi connectivity index (χ0v) is 43.8. The molecule has 4 heteroatoms. The first-order valence-corrected chi connectivity index (χ1v) is 26.0. The van der Waals surface area contributed by atoms with E-state index in [1.165, 1.54) is 5.56 Å². The van der Waals surface area contributed by atoms with E-state index in [-0.39, 0.29) is 5.41 Å². The predicted molar refractivity (Wildman–Crippen MR) is 328 cm³/mol. The van der Waals surface area contributed by atoms with E-state index < -0.39 is 0 Å². The molecule has 11 aromatic rings. The van der Waals surface area contributed by atoms with Crippen molar-refractivity contribution >= 4 is 33.0 Å². The highest BCUT2D eigenvalue weighted by molar-refractivity contribution is 6.13. The Balaban J connectivity index is 1.21. The second kappa shape index (κ2) is 21.2. The Morgan fingerprint density at radius 1 is 0.390 bits per heavy atom. The third-order valence-corrected chi connectivity index (χ3v) is 14.3. The van der Waals surface area contributed by atoms with Crippen LogP contribution in [0.2, 0.25) is 0 Å². The van der Waals surface area contributed by atoms with E-state index >= 15 is 0 Å². The average Bonchev–Trinajstić information content (AvgIpc) is 3.87. The molecule has 0 fully saturated rings. The van der Waals surface area contributed by atoms with Gasteiger partial charge in [-0.3, -0.25) is 0 Å². The molecule has 0 amide bonds. The third kappa shape index (κ3) is 9.89. The van der Waals surface area contributed by atoms with Crippen molar-refractivity contribution in [2.24, 2.45) is 0 Å². The lowest BCUT2D eigenvalue weighted by Crippen LogP contribution is -2.10. The van der Waals surface area contributed by atoms with Gasteiger partial charge in [0.05, 0.1) is 16.7 Å². The van der Waals surface area contributed by atoms with Crippen LogP contribution in [0.1, 0.15) is 37.5 Å². The summed E-state index contributed by atoms with van der Waals surface area (Å²) in [6.07, 6.45) is 11.4. The zero-order chi connectivity index (χ0) is 53.0. The van der Waals surface area contributed by atoms with Crippen molar-refractivity contribution in [2.45, 2.75) is 26.2 Å². The minimum Gasteiger partial charge on any atom is -0.308 e. The zero-order valence-electron chi connectivity index (χ0n) is 43.8. The molecule has 0 N–H and O–H groups in total. The van der Waals surface area contributed by atoms with Gasteiger partial charge in [0.2, 0.25) is 0 Å². The van der Waals surface area contributed by atoms with Gasteiger partial charge in [0.15, 0.2) is 17.5 Å². The lowest BCUT2D eigenvalue weighted by atomic mass is 9.85. The van der Waals surface area contributed by atoms with E-state index in [2.05, 4.69) is 258 Å². The van der Waals surface area contributed by atoms with Crippen LogP contribution in [0.5, 0.6) is 0 Å². The maximum Gasteiger partial charge on any atom is 0.164 e. The monoisotopic (exact) mass is 990 g/mol. The summed E-state index contributed by atoms with van der Waals surface area (Å²) in [5.41, 5.74) is 19.6.